The van der Waals surface area contributed by atoms with Crippen LogP contribution in [0.5, 0.6) is 11.5 Å². The van der Waals surface area contributed by atoms with Crippen molar-refractivity contribution in [2.75, 3.05) is 11.5 Å². The van der Waals surface area contributed by atoms with Crippen molar-refractivity contribution in [3.63, 3.8) is 0 Å². The third kappa shape index (κ3) is 5.46. The van der Waals surface area contributed by atoms with Crippen LogP contribution in [0, 0.1) is 12.7 Å². The van der Waals surface area contributed by atoms with Gasteiger partial charge in [0, 0.05) is 0 Å². The Hall–Kier alpha value is -3.98. The molecule has 1 fully saturated rings. The number of imide groups is 2. The van der Waals surface area contributed by atoms with Gasteiger partial charge in [-0.05, 0) is 77.3 Å². The molecule has 0 radical (unpaired) electrons. The van der Waals surface area contributed by atoms with Gasteiger partial charge in [0.2, 0.25) is 0 Å². The summed E-state index contributed by atoms with van der Waals surface area (Å²) in [4.78, 5) is 38.7. The standard InChI is InChI=1S/C27H22BrFN2O5/c1-3-35-23-13-18(12-22(28)24(23)36-15-17-7-4-6-16(2)10-17)11-21-25(32)30-27(34)31(26(21)33)20-9-5-8-19(29)14-20/h4-14H,3,15H2,1-2H3,(H,30,32,34)/b21-11+. The van der Waals surface area contributed by atoms with E-state index in [1.165, 1.54) is 24.3 Å². The van der Waals surface area contributed by atoms with Crippen LogP contribution in [0.4, 0.5) is 14.9 Å². The molecule has 1 aliphatic rings. The Kier molecular flexibility index (Phi) is 7.49. The number of carbonyl (C=O) groups excluding carboxylic acids is 3. The molecule has 0 bridgehead atoms. The molecule has 7 nitrogen and oxygen atoms in total. The molecular formula is C27H22BrFN2O5. The highest BCUT2D eigenvalue weighted by molar-refractivity contribution is 9.10. The van der Waals surface area contributed by atoms with Crippen LogP contribution in [0.1, 0.15) is 23.6 Å². The fraction of sp³-hybridized carbons (Fsp3) is 0.148. The van der Waals surface area contributed by atoms with Gasteiger partial charge in [0.1, 0.15) is 18.0 Å². The van der Waals surface area contributed by atoms with Gasteiger partial charge >= 0.3 is 6.03 Å². The minimum atomic E-state index is -0.955. The van der Waals surface area contributed by atoms with Gasteiger partial charge < -0.3 is 9.47 Å². The second-order valence-corrected chi connectivity index (χ2v) is 8.83. The van der Waals surface area contributed by atoms with E-state index in [2.05, 4.69) is 21.2 Å². The topological polar surface area (TPSA) is 84.9 Å². The quantitative estimate of drug-likeness (QED) is 0.307. The van der Waals surface area contributed by atoms with Crippen molar-refractivity contribution in [2.24, 2.45) is 0 Å². The first kappa shape index (κ1) is 25.1. The van der Waals surface area contributed by atoms with Crippen molar-refractivity contribution in [2.45, 2.75) is 20.5 Å². The highest BCUT2D eigenvalue weighted by Gasteiger charge is 2.37. The molecule has 4 rings (SSSR count). The number of carbonyl (C=O) groups is 3. The molecule has 1 heterocycles. The molecule has 1 aliphatic heterocycles. The van der Waals surface area contributed by atoms with Crippen LogP contribution in [0.15, 0.2) is 70.7 Å². The van der Waals surface area contributed by atoms with E-state index < -0.39 is 23.7 Å². The second-order valence-electron chi connectivity index (χ2n) is 7.98. The minimum Gasteiger partial charge on any atom is -0.490 e. The average molecular weight is 553 g/mol. The van der Waals surface area contributed by atoms with Gasteiger partial charge in [0.15, 0.2) is 11.5 Å². The fourth-order valence-electron chi connectivity index (χ4n) is 3.71. The molecule has 1 saturated heterocycles. The Morgan fingerprint density at radius 2 is 1.81 bits per heavy atom. The van der Waals surface area contributed by atoms with Gasteiger partial charge in [-0.2, -0.15) is 0 Å². The van der Waals surface area contributed by atoms with Crippen molar-refractivity contribution in [1.29, 1.82) is 0 Å². The zero-order valence-corrected chi connectivity index (χ0v) is 21.1. The highest BCUT2D eigenvalue weighted by atomic mass is 79.9. The number of aryl methyl sites for hydroxylation is 1. The zero-order chi connectivity index (χ0) is 25.8. The SMILES string of the molecule is CCOc1cc(/C=C2\C(=O)NC(=O)N(c3cccc(F)c3)C2=O)cc(Br)c1OCc1cccc(C)c1. The lowest BCUT2D eigenvalue weighted by Gasteiger charge is -2.26. The summed E-state index contributed by atoms with van der Waals surface area (Å²) in [6.45, 7) is 4.49. The van der Waals surface area contributed by atoms with Gasteiger partial charge in [-0.1, -0.05) is 35.9 Å². The molecule has 0 unspecified atom stereocenters. The Morgan fingerprint density at radius 1 is 1.03 bits per heavy atom. The summed E-state index contributed by atoms with van der Waals surface area (Å²) in [6.07, 6.45) is 1.34. The zero-order valence-electron chi connectivity index (χ0n) is 19.5. The van der Waals surface area contributed by atoms with E-state index in [1.54, 1.807) is 12.1 Å². The first-order valence-electron chi connectivity index (χ1n) is 11.1. The highest BCUT2D eigenvalue weighted by Crippen LogP contribution is 2.38. The van der Waals surface area contributed by atoms with Crippen molar-refractivity contribution < 1.29 is 28.2 Å². The van der Waals surface area contributed by atoms with Crippen LogP contribution in [-0.2, 0) is 16.2 Å². The maximum absolute atomic E-state index is 13.7. The third-order valence-electron chi connectivity index (χ3n) is 5.28. The number of hydrogen-bond acceptors (Lipinski definition) is 5. The molecule has 4 amide bonds. The van der Waals surface area contributed by atoms with E-state index in [4.69, 9.17) is 9.47 Å². The van der Waals surface area contributed by atoms with E-state index >= 15 is 0 Å². The number of benzene rings is 3. The van der Waals surface area contributed by atoms with E-state index in [9.17, 15) is 18.8 Å². The maximum Gasteiger partial charge on any atom is 0.335 e. The minimum absolute atomic E-state index is 0.00647. The molecule has 1 N–H and O–H groups in total. The molecule has 0 aliphatic carbocycles. The summed E-state index contributed by atoms with van der Waals surface area (Å²) in [5.74, 6) is -1.47. The molecule has 3 aromatic carbocycles. The first-order chi connectivity index (χ1) is 17.3. The van der Waals surface area contributed by atoms with E-state index in [0.29, 0.717) is 39.6 Å². The molecular weight excluding hydrogens is 531 g/mol. The summed E-state index contributed by atoms with van der Waals surface area (Å²) in [5, 5.41) is 2.13. The van der Waals surface area contributed by atoms with Crippen LogP contribution in [0.2, 0.25) is 0 Å². The van der Waals surface area contributed by atoms with Crippen molar-refractivity contribution >= 4 is 45.5 Å². The molecule has 0 spiro atoms. The van der Waals surface area contributed by atoms with E-state index in [1.807, 2.05) is 38.1 Å². The van der Waals surface area contributed by atoms with Crippen LogP contribution < -0.4 is 19.7 Å². The van der Waals surface area contributed by atoms with Gasteiger partial charge in [0.05, 0.1) is 16.8 Å². The first-order valence-corrected chi connectivity index (χ1v) is 11.9. The van der Waals surface area contributed by atoms with Crippen LogP contribution in [-0.4, -0.2) is 24.5 Å². The number of nitrogens with zero attached hydrogens (tertiary/aromatic N) is 1. The number of amides is 4. The number of urea groups is 1. The summed E-state index contributed by atoms with van der Waals surface area (Å²) < 4.78 is 26.0. The largest absolute Gasteiger partial charge is 0.490 e. The Bertz CT molecular complexity index is 1390. The lowest BCUT2D eigenvalue weighted by Crippen LogP contribution is -2.54. The number of anilines is 1. The molecule has 36 heavy (non-hydrogen) atoms. The number of halogens is 2. The third-order valence-corrected chi connectivity index (χ3v) is 5.87. The number of ether oxygens (including phenoxy) is 2. The maximum atomic E-state index is 13.7. The van der Waals surface area contributed by atoms with E-state index in [0.717, 1.165) is 17.2 Å². The number of barbiturate groups is 1. The molecule has 0 saturated carbocycles. The number of hydrogen-bond donors (Lipinski definition) is 1. The van der Waals surface area contributed by atoms with Gasteiger partial charge in [0.25, 0.3) is 11.8 Å². The predicted molar refractivity (Wildman–Crippen MR) is 136 cm³/mol. The number of nitrogens with one attached hydrogen (secondary N) is 1. The Morgan fingerprint density at radius 3 is 2.53 bits per heavy atom. The second kappa shape index (κ2) is 10.7. The molecule has 9 heteroatoms. The van der Waals surface area contributed by atoms with Gasteiger partial charge in [-0.3, -0.25) is 14.9 Å². The molecule has 184 valence electrons. The number of rotatable bonds is 7. The summed E-state index contributed by atoms with van der Waals surface area (Å²) in [7, 11) is 0. The fourth-order valence-corrected chi connectivity index (χ4v) is 4.28. The Labute approximate surface area is 215 Å². The van der Waals surface area contributed by atoms with Crippen LogP contribution in [0.3, 0.4) is 0 Å². The normalized spacial score (nSPS) is 14.7. The van der Waals surface area contributed by atoms with Crippen molar-refractivity contribution in [3.05, 3.63) is 93.2 Å². The lowest BCUT2D eigenvalue weighted by molar-refractivity contribution is -0.122. The van der Waals surface area contributed by atoms with Crippen molar-refractivity contribution in [3.8, 4) is 11.5 Å². The molecule has 3 aromatic rings. The lowest BCUT2D eigenvalue weighted by atomic mass is 10.1. The molecule has 0 aromatic heterocycles. The molecule has 0 atom stereocenters. The van der Waals surface area contributed by atoms with Gasteiger partial charge in [-0.25, -0.2) is 14.1 Å². The monoisotopic (exact) mass is 552 g/mol. The summed E-state index contributed by atoms with van der Waals surface area (Å²) in [6, 6.07) is 15.3. The Balaban J connectivity index is 1.66. The smallest absolute Gasteiger partial charge is 0.335 e. The van der Waals surface area contributed by atoms with E-state index in [-0.39, 0.29) is 11.3 Å². The van der Waals surface area contributed by atoms with Gasteiger partial charge in [-0.15, -0.1) is 0 Å². The summed E-state index contributed by atoms with van der Waals surface area (Å²) >= 11 is 3.49. The predicted octanol–water partition coefficient (Wildman–Crippen LogP) is 5.54. The van der Waals surface area contributed by atoms with Crippen LogP contribution in [0.25, 0.3) is 6.08 Å². The van der Waals surface area contributed by atoms with Crippen molar-refractivity contribution in [1.82, 2.24) is 5.32 Å². The van der Waals surface area contributed by atoms with Crippen LogP contribution >= 0.6 is 15.9 Å². The summed E-state index contributed by atoms with van der Waals surface area (Å²) in [5.41, 5.74) is 2.28. The average Bonchev–Trinajstić information content (AvgIpc) is 2.81.